The molecule has 116 valence electrons. The van der Waals surface area contributed by atoms with Gasteiger partial charge in [-0.3, -0.25) is 4.90 Å². The first-order valence-electron chi connectivity index (χ1n) is 8.30. The van der Waals surface area contributed by atoms with Gasteiger partial charge >= 0.3 is 0 Å². The van der Waals surface area contributed by atoms with E-state index in [0.29, 0.717) is 12.1 Å². The first-order chi connectivity index (χ1) is 10.3. The van der Waals surface area contributed by atoms with E-state index in [0.717, 1.165) is 38.5 Å². The SMILES string of the molecule is CCCNCc1cnc(N2CC3CCCN3CC2C)nc1. The van der Waals surface area contributed by atoms with E-state index in [4.69, 9.17) is 0 Å². The highest BCUT2D eigenvalue weighted by Gasteiger charge is 2.35. The molecular formula is C16H27N5. The lowest BCUT2D eigenvalue weighted by Gasteiger charge is -2.42. The average Bonchev–Trinajstić information content (AvgIpc) is 2.94. The van der Waals surface area contributed by atoms with Crippen LogP contribution < -0.4 is 10.2 Å². The van der Waals surface area contributed by atoms with Crippen LogP contribution in [0.25, 0.3) is 0 Å². The highest BCUT2D eigenvalue weighted by Crippen LogP contribution is 2.26. The second kappa shape index (κ2) is 6.71. The van der Waals surface area contributed by atoms with Gasteiger partial charge in [-0.15, -0.1) is 0 Å². The molecule has 0 bridgehead atoms. The van der Waals surface area contributed by atoms with Crippen LogP contribution in [0, 0.1) is 0 Å². The molecule has 5 nitrogen and oxygen atoms in total. The second-order valence-electron chi connectivity index (χ2n) is 6.36. The van der Waals surface area contributed by atoms with E-state index in [1.165, 1.54) is 24.9 Å². The molecule has 1 aromatic heterocycles. The highest BCUT2D eigenvalue weighted by atomic mass is 15.4. The van der Waals surface area contributed by atoms with Crippen LogP contribution in [0.5, 0.6) is 0 Å². The largest absolute Gasteiger partial charge is 0.335 e. The number of aromatic nitrogens is 2. The lowest BCUT2D eigenvalue weighted by Crippen LogP contribution is -2.55. The molecule has 3 heterocycles. The van der Waals surface area contributed by atoms with E-state index < -0.39 is 0 Å². The van der Waals surface area contributed by atoms with Crippen LogP contribution in [0.3, 0.4) is 0 Å². The monoisotopic (exact) mass is 289 g/mol. The van der Waals surface area contributed by atoms with Gasteiger partial charge in [-0.25, -0.2) is 9.97 Å². The van der Waals surface area contributed by atoms with Gasteiger partial charge in [0.05, 0.1) is 0 Å². The Morgan fingerprint density at radius 3 is 2.86 bits per heavy atom. The number of rotatable bonds is 5. The minimum absolute atomic E-state index is 0.503. The minimum atomic E-state index is 0.503. The van der Waals surface area contributed by atoms with Crippen LogP contribution >= 0.6 is 0 Å². The number of nitrogens with one attached hydrogen (secondary N) is 1. The zero-order valence-corrected chi connectivity index (χ0v) is 13.3. The molecule has 0 amide bonds. The lowest BCUT2D eigenvalue weighted by molar-refractivity contribution is 0.201. The van der Waals surface area contributed by atoms with Gasteiger partial charge < -0.3 is 10.2 Å². The molecule has 2 aliphatic rings. The third-order valence-corrected chi connectivity index (χ3v) is 4.64. The van der Waals surface area contributed by atoms with Crippen LogP contribution in [0.2, 0.25) is 0 Å². The smallest absolute Gasteiger partial charge is 0.225 e. The fourth-order valence-electron chi connectivity index (χ4n) is 3.46. The number of hydrogen-bond donors (Lipinski definition) is 1. The lowest BCUT2D eigenvalue weighted by atomic mass is 10.1. The Morgan fingerprint density at radius 1 is 1.29 bits per heavy atom. The molecule has 21 heavy (non-hydrogen) atoms. The molecule has 2 aliphatic heterocycles. The predicted molar refractivity (Wildman–Crippen MR) is 85.4 cm³/mol. The van der Waals surface area contributed by atoms with Crippen molar-refractivity contribution in [1.29, 1.82) is 0 Å². The molecule has 1 aromatic rings. The molecule has 3 rings (SSSR count). The molecule has 0 spiro atoms. The van der Waals surface area contributed by atoms with E-state index in [9.17, 15) is 0 Å². The Kier molecular flexibility index (Phi) is 4.70. The van der Waals surface area contributed by atoms with Crippen LogP contribution in [-0.2, 0) is 6.54 Å². The van der Waals surface area contributed by atoms with Crippen molar-refractivity contribution in [2.24, 2.45) is 0 Å². The van der Waals surface area contributed by atoms with E-state index in [2.05, 4.69) is 38.9 Å². The molecule has 2 atom stereocenters. The number of anilines is 1. The molecule has 1 N–H and O–H groups in total. The Balaban J connectivity index is 1.63. The first kappa shape index (κ1) is 14.7. The molecule has 2 fully saturated rings. The second-order valence-corrected chi connectivity index (χ2v) is 6.36. The van der Waals surface area contributed by atoms with Crippen molar-refractivity contribution in [2.45, 2.75) is 51.7 Å². The maximum atomic E-state index is 4.60. The van der Waals surface area contributed by atoms with Crippen LogP contribution in [0.1, 0.15) is 38.7 Å². The highest BCUT2D eigenvalue weighted by molar-refractivity contribution is 5.33. The molecule has 2 unspecified atom stereocenters. The molecule has 2 saturated heterocycles. The topological polar surface area (TPSA) is 44.3 Å². The number of nitrogens with zero attached hydrogens (tertiary/aromatic N) is 4. The van der Waals surface area contributed by atoms with E-state index in [1.807, 2.05) is 12.4 Å². The minimum Gasteiger partial charge on any atom is -0.335 e. The Labute approximate surface area is 127 Å². The van der Waals surface area contributed by atoms with Gasteiger partial charge in [-0.1, -0.05) is 6.92 Å². The van der Waals surface area contributed by atoms with Crippen LogP contribution in [0.4, 0.5) is 5.95 Å². The summed E-state index contributed by atoms with van der Waals surface area (Å²) in [6.45, 7) is 9.86. The summed E-state index contributed by atoms with van der Waals surface area (Å²) in [7, 11) is 0. The van der Waals surface area contributed by atoms with E-state index in [1.54, 1.807) is 0 Å². The average molecular weight is 289 g/mol. The Bertz CT molecular complexity index is 446. The van der Waals surface area contributed by atoms with Gasteiger partial charge in [0.25, 0.3) is 0 Å². The summed E-state index contributed by atoms with van der Waals surface area (Å²) in [5.41, 5.74) is 1.17. The van der Waals surface area contributed by atoms with Crippen LogP contribution in [0.15, 0.2) is 12.4 Å². The van der Waals surface area contributed by atoms with Gasteiger partial charge in [0.15, 0.2) is 0 Å². The summed E-state index contributed by atoms with van der Waals surface area (Å²) in [5, 5.41) is 3.39. The number of piperazine rings is 1. The molecule has 0 saturated carbocycles. The molecule has 5 heteroatoms. The van der Waals surface area contributed by atoms with Gasteiger partial charge in [-0.2, -0.15) is 0 Å². The van der Waals surface area contributed by atoms with Crippen molar-refractivity contribution in [1.82, 2.24) is 20.2 Å². The third-order valence-electron chi connectivity index (χ3n) is 4.64. The summed E-state index contributed by atoms with van der Waals surface area (Å²) in [4.78, 5) is 14.2. The molecule has 0 aromatic carbocycles. The summed E-state index contributed by atoms with van der Waals surface area (Å²) < 4.78 is 0. The summed E-state index contributed by atoms with van der Waals surface area (Å²) in [5.74, 6) is 0.897. The normalized spacial score (nSPS) is 26.1. The van der Waals surface area contributed by atoms with Crippen molar-refractivity contribution in [2.75, 3.05) is 31.1 Å². The maximum absolute atomic E-state index is 4.60. The third kappa shape index (κ3) is 3.35. The van der Waals surface area contributed by atoms with Gasteiger partial charge in [-0.05, 0) is 39.3 Å². The van der Waals surface area contributed by atoms with Crippen molar-refractivity contribution in [3.8, 4) is 0 Å². The molecule has 0 radical (unpaired) electrons. The first-order valence-corrected chi connectivity index (χ1v) is 8.30. The van der Waals surface area contributed by atoms with E-state index >= 15 is 0 Å². The summed E-state index contributed by atoms with van der Waals surface area (Å²) in [6, 6.07) is 1.21. The van der Waals surface area contributed by atoms with Crippen molar-refractivity contribution >= 4 is 5.95 Å². The van der Waals surface area contributed by atoms with Crippen LogP contribution in [-0.4, -0.2) is 53.1 Å². The Hall–Kier alpha value is -1.20. The Morgan fingerprint density at radius 2 is 2.10 bits per heavy atom. The summed E-state index contributed by atoms with van der Waals surface area (Å²) in [6.07, 6.45) is 7.76. The standard InChI is InChI=1S/C16H27N5/c1-3-6-17-8-14-9-18-16(19-10-14)21-12-15-5-4-7-20(15)11-13(21)2/h9-10,13,15,17H,3-8,11-12H2,1-2H3. The fourth-order valence-corrected chi connectivity index (χ4v) is 3.46. The zero-order chi connectivity index (χ0) is 14.7. The quantitative estimate of drug-likeness (QED) is 0.835. The number of hydrogen-bond acceptors (Lipinski definition) is 5. The van der Waals surface area contributed by atoms with Crippen molar-refractivity contribution in [3.63, 3.8) is 0 Å². The van der Waals surface area contributed by atoms with Gasteiger partial charge in [0.1, 0.15) is 0 Å². The summed E-state index contributed by atoms with van der Waals surface area (Å²) >= 11 is 0. The van der Waals surface area contributed by atoms with Gasteiger partial charge in [0, 0.05) is 49.7 Å². The number of fused-ring (bicyclic) bond motifs is 1. The molecular weight excluding hydrogens is 262 g/mol. The van der Waals surface area contributed by atoms with Gasteiger partial charge in [0.2, 0.25) is 5.95 Å². The maximum Gasteiger partial charge on any atom is 0.225 e. The van der Waals surface area contributed by atoms with E-state index in [-0.39, 0.29) is 0 Å². The fraction of sp³-hybridized carbons (Fsp3) is 0.750. The predicted octanol–water partition coefficient (Wildman–Crippen LogP) is 1.65. The van der Waals surface area contributed by atoms with Crippen molar-refractivity contribution in [3.05, 3.63) is 18.0 Å². The zero-order valence-electron chi connectivity index (χ0n) is 13.3. The van der Waals surface area contributed by atoms with Crippen molar-refractivity contribution < 1.29 is 0 Å². The molecule has 0 aliphatic carbocycles.